The Balaban J connectivity index is 1.58. The van der Waals surface area contributed by atoms with E-state index in [2.05, 4.69) is 21.3 Å². The Morgan fingerprint density at radius 3 is 2.96 bits per heavy atom. The molecule has 2 N–H and O–H groups in total. The van der Waals surface area contributed by atoms with Crippen molar-refractivity contribution in [1.82, 2.24) is 24.5 Å². The van der Waals surface area contributed by atoms with Gasteiger partial charge in [-0.2, -0.15) is 15.5 Å². The molecular weight excluding hydrogens is 366 g/mol. The first-order valence-electron chi connectivity index (χ1n) is 8.50. The molecule has 1 amide bonds. The molecule has 0 aromatic carbocycles. The van der Waals surface area contributed by atoms with Crippen LogP contribution in [0.25, 0.3) is 16.3 Å². The van der Waals surface area contributed by atoms with Gasteiger partial charge in [0, 0.05) is 23.7 Å². The van der Waals surface area contributed by atoms with Gasteiger partial charge in [-0.15, -0.1) is 11.3 Å². The average Bonchev–Trinajstić information content (AvgIpc) is 3.35. The summed E-state index contributed by atoms with van der Waals surface area (Å²) >= 11 is 1.31. The van der Waals surface area contributed by atoms with Crippen LogP contribution in [-0.4, -0.2) is 43.2 Å². The van der Waals surface area contributed by atoms with Crippen molar-refractivity contribution in [2.75, 3.05) is 6.61 Å². The highest BCUT2D eigenvalue weighted by atomic mass is 32.1. The van der Waals surface area contributed by atoms with Crippen LogP contribution < -0.4 is 5.73 Å². The van der Waals surface area contributed by atoms with Gasteiger partial charge >= 0.3 is 0 Å². The second-order valence-electron chi connectivity index (χ2n) is 6.23. The van der Waals surface area contributed by atoms with Crippen molar-refractivity contribution in [3.63, 3.8) is 0 Å². The van der Waals surface area contributed by atoms with Crippen LogP contribution in [0.4, 0.5) is 0 Å². The first kappa shape index (κ1) is 17.4. The molecular formula is C17H17N7O2S. The minimum absolute atomic E-state index is 0.224. The van der Waals surface area contributed by atoms with Gasteiger partial charge < -0.3 is 10.5 Å². The maximum atomic E-state index is 11.2. The van der Waals surface area contributed by atoms with Gasteiger partial charge in [-0.25, -0.2) is 9.67 Å². The first-order valence-corrected chi connectivity index (χ1v) is 9.38. The lowest BCUT2D eigenvalue weighted by atomic mass is 9.89. The van der Waals surface area contributed by atoms with Crippen molar-refractivity contribution in [1.29, 1.82) is 5.26 Å². The zero-order valence-electron chi connectivity index (χ0n) is 14.6. The van der Waals surface area contributed by atoms with Crippen LogP contribution in [0, 0.1) is 11.3 Å². The van der Waals surface area contributed by atoms with Crippen molar-refractivity contribution < 1.29 is 9.53 Å². The minimum atomic E-state index is -0.566. The highest BCUT2D eigenvalue weighted by molar-refractivity contribution is 7.13. The third-order valence-electron chi connectivity index (χ3n) is 4.50. The normalized spacial score (nSPS) is 18.8. The van der Waals surface area contributed by atoms with Crippen LogP contribution in [0.3, 0.4) is 0 Å². The maximum Gasteiger partial charge on any atom is 0.268 e. The average molecular weight is 383 g/mol. The van der Waals surface area contributed by atoms with E-state index in [1.54, 1.807) is 22.5 Å². The molecule has 0 spiro atoms. The van der Waals surface area contributed by atoms with Crippen molar-refractivity contribution >= 4 is 17.2 Å². The fourth-order valence-corrected chi connectivity index (χ4v) is 3.81. The monoisotopic (exact) mass is 383 g/mol. The fraction of sp³-hybridized carbons (Fsp3) is 0.353. The summed E-state index contributed by atoms with van der Waals surface area (Å²) in [6.07, 6.45) is 7.27. The SMILES string of the molecule is CCOC1CC(n2cc(-n3cc(-c4nc(C(N)=O)cs4)cn3)c(C#N)n2)C1. The number of primary amides is 1. The van der Waals surface area contributed by atoms with E-state index in [0.717, 1.165) is 18.4 Å². The van der Waals surface area contributed by atoms with Gasteiger partial charge in [-0.3, -0.25) is 9.48 Å². The first-order chi connectivity index (χ1) is 13.1. The van der Waals surface area contributed by atoms with E-state index in [0.29, 0.717) is 23.0 Å². The Morgan fingerprint density at radius 2 is 2.30 bits per heavy atom. The summed E-state index contributed by atoms with van der Waals surface area (Å²) in [6, 6.07) is 2.35. The van der Waals surface area contributed by atoms with E-state index < -0.39 is 5.91 Å². The molecule has 27 heavy (non-hydrogen) atoms. The van der Waals surface area contributed by atoms with Crippen LogP contribution >= 0.6 is 11.3 Å². The van der Waals surface area contributed by atoms with Crippen LogP contribution in [0.2, 0.25) is 0 Å². The second-order valence-corrected chi connectivity index (χ2v) is 7.09. The molecule has 3 heterocycles. The third-order valence-corrected chi connectivity index (χ3v) is 5.39. The topological polar surface area (TPSA) is 125 Å². The van der Waals surface area contributed by atoms with Gasteiger partial charge in [0.25, 0.3) is 5.91 Å². The summed E-state index contributed by atoms with van der Waals surface area (Å²) in [5, 5.41) is 20.4. The summed E-state index contributed by atoms with van der Waals surface area (Å²) in [5.74, 6) is -0.566. The number of nitrogens with zero attached hydrogens (tertiary/aromatic N) is 6. The number of hydrogen-bond donors (Lipinski definition) is 1. The van der Waals surface area contributed by atoms with Crippen LogP contribution in [0.1, 0.15) is 42.0 Å². The molecule has 0 saturated heterocycles. The quantitative estimate of drug-likeness (QED) is 0.693. The molecule has 0 aliphatic heterocycles. The standard InChI is InChI=1S/C17H17N7O2S/c1-2-26-12-3-11(4-12)23-8-15(13(5-18)22-23)24-7-10(6-20-24)17-21-14(9-27-17)16(19)25/h6-9,11-12H,2-4H2,1H3,(H2,19,25). The largest absolute Gasteiger partial charge is 0.378 e. The molecule has 0 atom stereocenters. The van der Waals surface area contributed by atoms with Crippen molar-refractivity contribution in [2.24, 2.45) is 5.73 Å². The van der Waals surface area contributed by atoms with Gasteiger partial charge in [-0.05, 0) is 19.8 Å². The minimum Gasteiger partial charge on any atom is -0.378 e. The molecule has 0 radical (unpaired) electrons. The molecule has 10 heteroatoms. The highest BCUT2D eigenvalue weighted by Gasteiger charge is 2.32. The highest BCUT2D eigenvalue weighted by Crippen LogP contribution is 2.35. The van der Waals surface area contributed by atoms with E-state index in [4.69, 9.17) is 10.5 Å². The molecule has 0 bridgehead atoms. The van der Waals surface area contributed by atoms with E-state index >= 15 is 0 Å². The smallest absolute Gasteiger partial charge is 0.268 e. The number of carbonyl (C=O) groups excluding carboxylic acids is 1. The Hall–Kier alpha value is -3.03. The van der Waals surface area contributed by atoms with Gasteiger partial charge in [0.15, 0.2) is 5.69 Å². The van der Waals surface area contributed by atoms with Crippen LogP contribution in [0.15, 0.2) is 24.0 Å². The summed E-state index contributed by atoms with van der Waals surface area (Å²) in [4.78, 5) is 15.4. The molecule has 9 nitrogen and oxygen atoms in total. The molecule has 138 valence electrons. The van der Waals surface area contributed by atoms with E-state index in [9.17, 15) is 10.1 Å². The van der Waals surface area contributed by atoms with Gasteiger partial charge in [-0.1, -0.05) is 0 Å². The Kier molecular flexibility index (Phi) is 4.47. The molecule has 3 aromatic rings. The molecule has 1 aliphatic carbocycles. The molecule has 1 saturated carbocycles. The number of nitriles is 1. The van der Waals surface area contributed by atoms with E-state index in [-0.39, 0.29) is 17.8 Å². The number of carbonyl (C=O) groups is 1. The zero-order chi connectivity index (χ0) is 19.0. The van der Waals surface area contributed by atoms with Crippen molar-refractivity contribution in [3.8, 4) is 22.3 Å². The van der Waals surface area contributed by atoms with Crippen LogP contribution in [0.5, 0.6) is 0 Å². The van der Waals surface area contributed by atoms with E-state index in [1.165, 1.54) is 11.3 Å². The predicted octanol–water partition coefficient (Wildman–Crippen LogP) is 1.90. The molecule has 3 aromatic heterocycles. The number of nitrogens with two attached hydrogens (primary N) is 1. The summed E-state index contributed by atoms with van der Waals surface area (Å²) in [7, 11) is 0. The summed E-state index contributed by atoms with van der Waals surface area (Å²) in [5.41, 5.74) is 7.12. The Labute approximate surface area is 159 Å². The lowest BCUT2D eigenvalue weighted by Gasteiger charge is -2.34. The van der Waals surface area contributed by atoms with E-state index in [1.807, 2.05) is 17.8 Å². The zero-order valence-corrected chi connectivity index (χ0v) is 15.4. The molecule has 0 unspecified atom stereocenters. The number of aromatic nitrogens is 5. The van der Waals surface area contributed by atoms with Crippen molar-refractivity contribution in [2.45, 2.75) is 31.9 Å². The molecule has 1 fully saturated rings. The number of thiazole rings is 1. The van der Waals surface area contributed by atoms with Gasteiger partial charge in [0.1, 0.15) is 22.5 Å². The molecule has 4 rings (SSSR count). The Bertz CT molecular complexity index is 1020. The number of amides is 1. The molecule has 1 aliphatic rings. The Morgan fingerprint density at radius 1 is 1.48 bits per heavy atom. The van der Waals surface area contributed by atoms with Gasteiger partial charge in [0.2, 0.25) is 0 Å². The number of ether oxygens (including phenoxy) is 1. The van der Waals surface area contributed by atoms with Gasteiger partial charge in [0.05, 0.1) is 24.5 Å². The number of rotatable bonds is 6. The van der Waals surface area contributed by atoms with Crippen molar-refractivity contribution in [3.05, 3.63) is 35.4 Å². The second kappa shape index (κ2) is 6.94. The predicted molar refractivity (Wildman–Crippen MR) is 97.4 cm³/mol. The third kappa shape index (κ3) is 3.22. The summed E-state index contributed by atoms with van der Waals surface area (Å²) in [6.45, 7) is 2.69. The summed E-state index contributed by atoms with van der Waals surface area (Å²) < 4.78 is 9.00. The number of hydrogen-bond acceptors (Lipinski definition) is 7. The lowest BCUT2D eigenvalue weighted by Crippen LogP contribution is -2.33. The fourth-order valence-electron chi connectivity index (χ4n) is 3.03. The maximum absolute atomic E-state index is 11.2. The van der Waals surface area contributed by atoms with Crippen LogP contribution in [-0.2, 0) is 4.74 Å². The lowest BCUT2D eigenvalue weighted by molar-refractivity contribution is -0.0227.